The molecule has 0 aliphatic heterocycles. The van der Waals surface area contributed by atoms with Gasteiger partial charge in [0.1, 0.15) is 5.02 Å². The molecule has 0 spiro atoms. The highest BCUT2D eigenvalue weighted by Crippen LogP contribution is 2.47. The van der Waals surface area contributed by atoms with Crippen molar-refractivity contribution in [1.29, 1.82) is 0 Å². The second-order valence-corrected chi connectivity index (χ2v) is 8.55. The van der Waals surface area contributed by atoms with Crippen LogP contribution in [-0.4, -0.2) is 25.5 Å². The minimum absolute atomic E-state index is 0.0225. The Balaban J connectivity index is 1.41. The Morgan fingerprint density at radius 3 is 2.58 bits per heavy atom. The van der Waals surface area contributed by atoms with E-state index in [1.807, 2.05) is 30.3 Å². The molecule has 2 aromatic heterocycles. The van der Waals surface area contributed by atoms with Gasteiger partial charge in [-0.25, -0.2) is 0 Å². The fraction of sp³-hybridized carbons (Fsp3) is 0.350. The third-order valence-electron chi connectivity index (χ3n) is 4.88. The van der Waals surface area contributed by atoms with Crippen molar-refractivity contribution in [2.75, 3.05) is 5.32 Å². The van der Waals surface area contributed by atoms with Crippen LogP contribution in [0.5, 0.6) is 0 Å². The lowest BCUT2D eigenvalue weighted by atomic mass is 10.2. The van der Waals surface area contributed by atoms with Crippen LogP contribution in [0.4, 0.5) is 19.0 Å². The number of nitrogens with zero attached hydrogens (tertiary/aromatic N) is 4. The van der Waals surface area contributed by atoms with E-state index in [0.717, 1.165) is 18.4 Å². The first kappa shape index (κ1) is 21.9. The third-order valence-corrected chi connectivity index (χ3v) is 5.94. The molecule has 2 heterocycles. The Morgan fingerprint density at radius 1 is 1.23 bits per heavy atom. The summed E-state index contributed by atoms with van der Waals surface area (Å²) in [5, 5.41) is 10.9. The van der Waals surface area contributed by atoms with Crippen molar-refractivity contribution in [3.8, 4) is 0 Å². The van der Waals surface area contributed by atoms with Crippen molar-refractivity contribution in [3.63, 3.8) is 0 Å². The lowest BCUT2D eigenvalue weighted by molar-refractivity contribution is -0.142. The van der Waals surface area contributed by atoms with E-state index in [0.29, 0.717) is 12.2 Å². The monoisotopic (exact) mass is 515 g/mol. The largest absolute Gasteiger partial charge is 0.436 e. The molecule has 1 aliphatic rings. The molecule has 1 amide bonds. The molecule has 0 unspecified atom stereocenters. The number of carbonyl (C=O) groups excluding carboxylic acids is 1. The summed E-state index contributed by atoms with van der Waals surface area (Å²) >= 11 is 9.22. The minimum Gasteiger partial charge on any atom is -0.308 e. The van der Waals surface area contributed by atoms with Gasteiger partial charge in [-0.3, -0.25) is 14.2 Å². The predicted molar refractivity (Wildman–Crippen MR) is 113 cm³/mol. The van der Waals surface area contributed by atoms with Gasteiger partial charge < -0.3 is 5.32 Å². The van der Waals surface area contributed by atoms with Crippen LogP contribution in [0.1, 0.15) is 42.1 Å². The maximum Gasteiger partial charge on any atom is 0.436 e. The number of hydrogen-bond donors (Lipinski definition) is 1. The Kier molecular flexibility index (Phi) is 6.11. The summed E-state index contributed by atoms with van der Waals surface area (Å²) in [5.41, 5.74) is 0.555. The molecule has 1 fully saturated rings. The fourth-order valence-electron chi connectivity index (χ4n) is 3.29. The first-order valence-electron chi connectivity index (χ1n) is 9.62. The molecule has 11 heteroatoms. The molecular formula is C20H18BrClF3N5O. The number of aryl methyl sites for hydroxylation is 1. The molecule has 0 bridgehead atoms. The van der Waals surface area contributed by atoms with Crippen LogP contribution < -0.4 is 5.32 Å². The van der Waals surface area contributed by atoms with Crippen molar-refractivity contribution in [1.82, 2.24) is 19.6 Å². The lowest BCUT2D eigenvalue weighted by Crippen LogP contribution is -2.17. The number of hydrogen-bond acceptors (Lipinski definition) is 3. The Labute approximate surface area is 189 Å². The highest BCUT2D eigenvalue weighted by molar-refractivity contribution is 9.10. The zero-order valence-electron chi connectivity index (χ0n) is 16.2. The van der Waals surface area contributed by atoms with Gasteiger partial charge in [-0.2, -0.15) is 23.4 Å². The summed E-state index contributed by atoms with van der Waals surface area (Å²) in [6.07, 6.45) is -1.40. The Hall–Kier alpha value is -2.33. The van der Waals surface area contributed by atoms with Gasteiger partial charge in [-0.05, 0) is 34.3 Å². The van der Waals surface area contributed by atoms with Gasteiger partial charge in [0.15, 0.2) is 11.5 Å². The van der Waals surface area contributed by atoms with Gasteiger partial charge in [0, 0.05) is 18.5 Å². The normalized spacial score (nSPS) is 14.1. The summed E-state index contributed by atoms with van der Waals surface area (Å²) in [4.78, 5) is 12.4. The number of halogens is 5. The fourth-order valence-corrected chi connectivity index (χ4v) is 4.32. The second kappa shape index (κ2) is 8.66. The molecule has 1 aromatic carbocycles. The molecule has 0 atom stereocenters. The van der Waals surface area contributed by atoms with E-state index in [1.54, 1.807) is 10.9 Å². The summed E-state index contributed by atoms with van der Waals surface area (Å²) in [7, 11) is 0. The van der Waals surface area contributed by atoms with Crippen LogP contribution in [0.15, 0.2) is 41.0 Å². The van der Waals surface area contributed by atoms with Crippen molar-refractivity contribution in [2.24, 2.45) is 0 Å². The predicted octanol–water partition coefficient (Wildman–Crippen LogP) is 5.47. The molecule has 6 nitrogen and oxygen atoms in total. The number of anilines is 1. The first-order valence-corrected chi connectivity index (χ1v) is 10.8. The Bertz CT molecular complexity index is 1090. The highest BCUT2D eigenvalue weighted by Gasteiger charge is 2.41. The molecule has 1 aliphatic carbocycles. The standard InChI is InChI=1S/C20H18BrClF3N5O/c21-16-17(13-6-7-13)30(27-18(16)20(23,24)25)9-8-15(31)26-19-14(22)11-29(28-19)10-12-4-2-1-3-5-12/h1-5,11,13H,6-10H2,(H,26,28,31). The lowest BCUT2D eigenvalue weighted by Gasteiger charge is -2.07. The van der Waals surface area contributed by atoms with Crippen LogP contribution in [0, 0.1) is 0 Å². The van der Waals surface area contributed by atoms with E-state index < -0.39 is 17.8 Å². The SMILES string of the molecule is O=C(CCn1nc(C(F)(F)F)c(Br)c1C1CC1)Nc1nn(Cc2ccccc2)cc1Cl. The maximum absolute atomic E-state index is 13.2. The van der Waals surface area contributed by atoms with E-state index in [2.05, 4.69) is 31.4 Å². The van der Waals surface area contributed by atoms with E-state index in [9.17, 15) is 18.0 Å². The molecule has 1 N–H and O–H groups in total. The number of carbonyl (C=O) groups is 1. The quantitative estimate of drug-likeness (QED) is 0.453. The molecule has 1 saturated carbocycles. The number of rotatable bonds is 7. The first-order chi connectivity index (χ1) is 14.7. The van der Waals surface area contributed by atoms with Crippen LogP contribution in [0.2, 0.25) is 5.02 Å². The van der Waals surface area contributed by atoms with Gasteiger partial charge >= 0.3 is 6.18 Å². The second-order valence-electron chi connectivity index (χ2n) is 7.35. The maximum atomic E-state index is 13.2. The molecule has 3 aromatic rings. The van der Waals surface area contributed by atoms with Crippen molar-refractivity contribution in [3.05, 3.63) is 63.0 Å². The molecule has 4 rings (SSSR count). The van der Waals surface area contributed by atoms with Crippen molar-refractivity contribution >= 4 is 39.3 Å². The number of nitrogens with one attached hydrogen (secondary N) is 1. The number of alkyl halides is 3. The van der Waals surface area contributed by atoms with Crippen LogP contribution in [-0.2, 0) is 24.1 Å². The number of benzene rings is 1. The van der Waals surface area contributed by atoms with Crippen molar-refractivity contribution in [2.45, 2.75) is 44.4 Å². The summed E-state index contributed by atoms with van der Waals surface area (Å²) in [6.45, 7) is 0.511. The van der Waals surface area contributed by atoms with Gasteiger partial charge in [0.2, 0.25) is 5.91 Å². The van der Waals surface area contributed by atoms with Gasteiger partial charge in [-0.1, -0.05) is 41.9 Å². The van der Waals surface area contributed by atoms with Crippen LogP contribution >= 0.6 is 27.5 Å². The van der Waals surface area contributed by atoms with E-state index in [1.165, 1.54) is 4.68 Å². The van der Waals surface area contributed by atoms with Crippen LogP contribution in [0.3, 0.4) is 0 Å². The van der Waals surface area contributed by atoms with Gasteiger partial charge in [-0.15, -0.1) is 0 Å². The van der Waals surface area contributed by atoms with E-state index in [4.69, 9.17) is 11.6 Å². The average Bonchev–Trinajstić information content (AvgIpc) is 3.40. The Morgan fingerprint density at radius 2 is 1.94 bits per heavy atom. The van der Waals surface area contributed by atoms with Crippen LogP contribution in [0.25, 0.3) is 0 Å². The summed E-state index contributed by atoms with van der Waals surface area (Å²) in [6, 6.07) is 9.63. The molecule has 164 valence electrons. The number of amides is 1. The smallest absolute Gasteiger partial charge is 0.308 e. The summed E-state index contributed by atoms with van der Waals surface area (Å²) in [5.74, 6) is -0.166. The molecule has 0 radical (unpaired) electrons. The van der Waals surface area contributed by atoms with E-state index in [-0.39, 0.29) is 34.2 Å². The molecule has 0 saturated heterocycles. The summed E-state index contributed by atoms with van der Waals surface area (Å²) < 4.78 is 42.5. The van der Waals surface area contributed by atoms with Crippen molar-refractivity contribution < 1.29 is 18.0 Å². The minimum atomic E-state index is -4.56. The third kappa shape index (κ3) is 5.12. The topological polar surface area (TPSA) is 64.7 Å². The van der Waals surface area contributed by atoms with Gasteiger partial charge in [0.05, 0.1) is 23.3 Å². The molecule has 31 heavy (non-hydrogen) atoms. The van der Waals surface area contributed by atoms with Gasteiger partial charge in [0.25, 0.3) is 0 Å². The molecular weight excluding hydrogens is 499 g/mol. The average molecular weight is 517 g/mol. The van der Waals surface area contributed by atoms with E-state index >= 15 is 0 Å². The number of aromatic nitrogens is 4. The highest BCUT2D eigenvalue weighted by atomic mass is 79.9. The zero-order chi connectivity index (χ0) is 22.2. The zero-order valence-corrected chi connectivity index (χ0v) is 18.5.